The SMILES string of the molecule is CCN(C)CCNC(=NC)NCCCOCC1CC1.I. The zero-order valence-corrected chi connectivity index (χ0v) is 15.5. The second-order valence-corrected chi connectivity index (χ2v) is 5.19. The first-order chi connectivity index (χ1) is 9.26. The molecule has 0 heterocycles. The van der Waals surface area contributed by atoms with Crippen LogP contribution in [0.5, 0.6) is 0 Å². The smallest absolute Gasteiger partial charge is 0.191 e. The molecule has 6 heteroatoms. The molecule has 1 aliphatic carbocycles. The van der Waals surface area contributed by atoms with Crippen molar-refractivity contribution in [3.05, 3.63) is 0 Å². The predicted octanol–water partition coefficient (Wildman–Crippen LogP) is 1.54. The Labute approximate surface area is 140 Å². The third-order valence-corrected chi connectivity index (χ3v) is 3.36. The number of guanidine groups is 1. The molecule has 0 aromatic rings. The molecule has 1 saturated carbocycles. The van der Waals surface area contributed by atoms with Crippen molar-refractivity contribution in [2.45, 2.75) is 26.2 Å². The lowest BCUT2D eigenvalue weighted by Gasteiger charge is -2.16. The van der Waals surface area contributed by atoms with Crippen molar-refractivity contribution >= 4 is 29.9 Å². The number of halogens is 1. The Hall–Kier alpha value is -0.0800. The molecule has 0 aromatic heterocycles. The van der Waals surface area contributed by atoms with Crippen molar-refractivity contribution in [1.82, 2.24) is 15.5 Å². The summed E-state index contributed by atoms with van der Waals surface area (Å²) in [4.78, 5) is 6.47. The van der Waals surface area contributed by atoms with E-state index in [9.17, 15) is 0 Å². The number of hydrogen-bond donors (Lipinski definition) is 2. The highest BCUT2D eigenvalue weighted by Gasteiger charge is 2.20. The lowest BCUT2D eigenvalue weighted by atomic mass is 10.4. The van der Waals surface area contributed by atoms with Gasteiger partial charge in [-0.1, -0.05) is 6.92 Å². The lowest BCUT2D eigenvalue weighted by Crippen LogP contribution is -2.41. The third-order valence-electron chi connectivity index (χ3n) is 3.36. The minimum Gasteiger partial charge on any atom is -0.381 e. The van der Waals surface area contributed by atoms with Gasteiger partial charge in [0.25, 0.3) is 0 Å². The molecule has 0 unspecified atom stereocenters. The maximum absolute atomic E-state index is 5.59. The van der Waals surface area contributed by atoms with Crippen LogP contribution in [0.25, 0.3) is 0 Å². The summed E-state index contributed by atoms with van der Waals surface area (Å²) in [6.45, 7) is 7.90. The van der Waals surface area contributed by atoms with Gasteiger partial charge in [0.1, 0.15) is 0 Å². The number of aliphatic imine (C=N–C) groups is 1. The summed E-state index contributed by atoms with van der Waals surface area (Å²) in [7, 11) is 3.93. The molecular weight excluding hydrogens is 367 g/mol. The summed E-state index contributed by atoms with van der Waals surface area (Å²) >= 11 is 0. The van der Waals surface area contributed by atoms with Gasteiger partial charge in [-0.2, -0.15) is 0 Å². The molecule has 0 atom stereocenters. The Morgan fingerprint density at radius 3 is 2.60 bits per heavy atom. The second-order valence-electron chi connectivity index (χ2n) is 5.19. The van der Waals surface area contributed by atoms with Crippen molar-refractivity contribution in [2.24, 2.45) is 10.9 Å². The summed E-state index contributed by atoms with van der Waals surface area (Å²) in [5.74, 6) is 1.74. The van der Waals surface area contributed by atoms with Gasteiger partial charge in [0, 0.05) is 39.9 Å². The molecule has 0 spiro atoms. The number of likely N-dealkylation sites (N-methyl/N-ethyl adjacent to an activating group) is 1. The van der Waals surface area contributed by atoms with Crippen LogP contribution in [0.4, 0.5) is 0 Å². The molecule has 0 amide bonds. The highest BCUT2D eigenvalue weighted by atomic mass is 127. The van der Waals surface area contributed by atoms with Gasteiger partial charge in [0.2, 0.25) is 0 Å². The van der Waals surface area contributed by atoms with Crippen molar-refractivity contribution in [3.8, 4) is 0 Å². The van der Waals surface area contributed by atoms with Crippen LogP contribution < -0.4 is 10.6 Å². The standard InChI is InChI=1S/C14H30N4O.HI/c1-4-18(3)10-9-17-14(15-2)16-8-5-11-19-12-13-6-7-13;/h13H,4-12H2,1-3H3,(H2,15,16,17);1H. The van der Waals surface area contributed by atoms with Gasteiger partial charge in [-0.15, -0.1) is 24.0 Å². The number of nitrogens with zero attached hydrogens (tertiary/aromatic N) is 2. The number of rotatable bonds is 10. The highest BCUT2D eigenvalue weighted by Crippen LogP contribution is 2.28. The van der Waals surface area contributed by atoms with E-state index in [4.69, 9.17) is 4.74 Å². The fraction of sp³-hybridized carbons (Fsp3) is 0.929. The minimum absolute atomic E-state index is 0. The van der Waals surface area contributed by atoms with Crippen LogP contribution in [-0.4, -0.2) is 64.3 Å². The maximum Gasteiger partial charge on any atom is 0.191 e. The van der Waals surface area contributed by atoms with E-state index in [0.29, 0.717) is 0 Å². The normalized spacial score (nSPS) is 15.1. The van der Waals surface area contributed by atoms with E-state index >= 15 is 0 Å². The van der Waals surface area contributed by atoms with Gasteiger partial charge in [-0.25, -0.2) is 0 Å². The van der Waals surface area contributed by atoms with E-state index in [0.717, 1.165) is 57.7 Å². The average Bonchev–Trinajstić information content (AvgIpc) is 3.24. The average molecular weight is 398 g/mol. The van der Waals surface area contributed by atoms with Gasteiger partial charge in [0.15, 0.2) is 5.96 Å². The zero-order valence-electron chi connectivity index (χ0n) is 13.2. The summed E-state index contributed by atoms with van der Waals surface area (Å²) in [6, 6.07) is 0. The zero-order chi connectivity index (χ0) is 13.9. The van der Waals surface area contributed by atoms with Crippen LogP contribution in [0.2, 0.25) is 0 Å². The number of nitrogens with one attached hydrogen (secondary N) is 2. The molecule has 20 heavy (non-hydrogen) atoms. The Kier molecular flexibility index (Phi) is 12.6. The fourth-order valence-corrected chi connectivity index (χ4v) is 1.66. The summed E-state index contributed by atoms with van der Waals surface area (Å²) in [5.41, 5.74) is 0. The first-order valence-corrected chi connectivity index (χ1v) is 7.47. The Morgan fingerprint density at radius 2 is 2.00 bits per heavy atom. The Morgan fingerprint density at radius 1 is 1.30 bits per heavy atom. The van der Waals surface area contributed by atoms with Crippen LogP contribution in [-0.2, 0) is 4.74 Å². The molecule has 120 valence electrons. The van der Waals surface area contributed by atoms with Gasteiger partial charge in [-0.3, -0.25) is 4.99 Å². The summed E-state index contributed by atoms with van der Waals surface area (Å²) < 4.78 is 5.59. The highest BCUT2D eigenvalue weighted by molar-refractivity contribution is 14.0. The Balaban J connectivity index is 0.00000361. The first-order valence-electron chi connectivity index (χ1n) is 7.47. The van der Waals surface area contributed by atoms with Crippen LogP contribution in [0.3, 0.4) is 0 Å². The molecule has 0 saturated heterocycles. The fourth-order valence-electron chi connectivity index (χ4n) is 1.66. The van der Waals surface area contributed by atoms with Crippen molar-refractivity contribution in [1.29, 1.82) is 0 Å². The summed E-state index contributed by atoms with van der Waals surface area (Å²) in [5, 5.41) is 6.62. The third kappa shape index (κ3) is 10.7. The van der Waals surface area contributed by atoms with Crippen LogP contribution in [0.15, 0.2) is 4.99 Å². The maximum atomic E-state index is 5.59. The summed E-state index contributed by atoms with van der Waals surface area (Å²) in [6.07, 6.45) is 3.75. The second kappa shape index (κ2) is 12.6. The Bertz CT molecular complexity index is 260. The molecule has 1 fully saturated rings. The molecule has 0 radical (unpaired) electrons. The molecule has 1 rings (SSSR count). The van der Waals surface area contributed by atoms with Gasteiger partial charge >= 0.3 is 0 Å². The topological polar surface area (TPSA) is 48.9 Å². The molecule has 0 aromatic carbocycles. The van der Waals surface area contributed by atoms with E-state index in [2.05, 4.69) is 34.5 Å². The molecule has 1 aliphatic rings. The quantitative estimate of drug-likeness (QED) is 0.254. The van der Waals surface area contributed by atoms with Crippen LogP contribution in [0, 0.1) is 5.92 Å². The van der Waals surface area contributed by atoms with Crippen LogP contribution >= 0.6 is 24.0 Å². The van der Waals surface area contributed by atoms with Crippen molar-refractivity contribution in [3.63, 3.8) is 0 Å². The van der Waals surface area contributed by atoms with E-state index in [1.54, 1.807) is 0 Å². The van der Waals surface area contributed by atoms with E-state index < -0.39 is 0 Å². The molecule has 0 aliphatic heterocycles. The monoisotopic (exact) mass is 398 g/mol. The molecule has 2 N–H and O–H groups in total. The minimum atomic E-state index is 0. The number of hydrogen-bond acceptors (Lipinski definition) is 3. The first kappa shape index (κ1) is 19.9. The largest absolute Gasteiger partial charge is 0.381 e. The van der Waals surface area contributed by atoms with Crippen molar-refractivity contribution < 1.29 is 4.74 Å². The van der Waals surface area contributed by atoms with Crippen LogP contribution in [0.1, 0.15) is 26.2 Å². The molecule has 0 bridgehead atoms. The van der Waals surface area contributed by atoms with Gasteiger partial charge < -0.3 is 20.3 Å². The predicted molar refractivity (Wildman–Crippen MR) is 96.1 cm³/mol. The van der Waals surface area contributed by atoms with Gasteiger partial charge in [-0.05, 0) is 38.8 Å². The van der Waals surface area contributed by atoms with Crippen molar-refractivity contribution in [2.75, 3.05) is 53.5 Å². The van der Waals surface area contributed by atoms with E-state index in [-0.39, 0.29) is 24.0 Å². The molecule has 5 nitrogen and oxygen atoms in total. The van der Waals surface area contributed by atoms with E-state index in [1.165, 1.54) is 12.8 Å². The van der Waals surface area contributed by atoms with E-state index in [1.807, 2.05) is 7.05 Å². The van der Waals surface area contributed by atoms with Gasteiger partial charge in [0.05, 0.1) is 0 Å². The lowest BCUT2D eigenvalue weighted by molar-refractivity contribution is 0.123. The molecular formula is C14H31IN4O. The number of ether oxygens (including phenoxy) is 1.